The van der Waals surface area contributed by atoms with Gasteiger partial charge < -0.3 is 50.1 Å². The highest BCUT2D eigenvalue weighted by Gasteiger charge is 2.43. The Balaban J connectivity index is 1.84. The number of Topliss-reactive ketones (excluding diaryl/α,β-unsaturated/α-hetero) is 1. The number of ketones is 1. The summed E-state index contributed by atoms with van der Waals surface area (Å²) in [5.74, 6) is 0.302. The number of rotatable bonds is 17. The average molecular weight is 550 g/mol. The van der Waals surface area contributed by atoms with Gasteiger partial charge in [-0.1, -0.05) is 13.3 Å². The molecule has 2 aliphatic heterocycles. The van der Waals surface area contributed by atoms with Gasteiger partial charge in [0.25, 0.3) is 0 Å². The minimum atomic E-state index is -1.38. The maximum absolute atomic E-state index is 11.8. The maximum atomic E-state index is 11.8. The molecule has 0 saturated carbocycles. The van der Waals surface area contributed by atoms with E-state index in [4.69, 9.17) is 9.47 Å². The lowest BCUT2D eigenvalue weighted by molar-refractivity contribution is -0.230. The zero-order valence-corrected chi connectivity index (χ0v) is 23.0. The fourth-order valence-corrected chi connectivity index (χ4v) is 5.40. The molecule has 2 aliphatic rings. The molecule has 0 bridgehead atoms. The number of hydrogen-bond donors (Lipinski definition) is 7. The molecule has 0 radical (unpaired) electrons. The topological polar surface area (TPSA) is 180 Å². The number of aliphatic hydroxyl groups excluding tert-OH is 7. The Morgan fingerprint density at radius 2 is 1.18 bits per heavy atom. The minimum Gasteiger partial charge on any atom is -0.394 e. The van der Waals surface area contributed by atoms with E-state index in [1.165, 1.54) is 0 Å². The number of unbranched alkanes of at least 4 members (excludes halogenated alkanes) is 2. The molecule has 0 aliphatic carbocycles. The first kappa shape index (κ1) is 33.5. The van der Waals surface area contributed by atoms with Gasteiger partial charge in [0.1, 0.15) is 48.5 Å². The zero-order valence-electron chi connectivity index (χ0n) is 23.0. The van der Waals surface area contributed by atoms with E-state index in [-0.39, 0.29) is 0 Å². The lowest BCUT2D eigenvalue weighted by atomic mass is 9.92. The van der Waals surface area contributed by atoms with Crippen LogP contribution in [0.1, 0.15) is 78.1 Å². The Labute approximate surface area is 226 Å². The summed E-state index contributed by atoms with van der Waals surface area (Å²) in [5.41, 5.74) is 0. The fraction of sp³-hybridized carbons (Fsp3) is 0.963. The average Bonchev–Trinajstić information content (AvgIpc) is 2.89. The molecule has 2 saturated heterocycles. The first-order chi connectivity index (χ1) is 18.1. The number of carbonyl (C=O) groups excluding carboxylic acids is 1. The van der Waals surface area contributed by atoms with Crippen molar-refractivity contribution in [3.05, 3.63) is 0 Å². The number of hydrogen-bond acceptors (Lipinski definition) is 11. The second kappa shape index (κ2) is 17.2. The van der Waals surface area contributed by atoms with Crippen LogP contribution in [-0.4, -0.2) is 134 Å². The summed E-state index contributed by atoms with van der Waals surface area (Å²) < 4.78 is 11.3. The molecule has 0 aromatic carbocycles. The van der Waals surface area contributed by atoms with Gasteiger partial charge in [0.2, 0.25) is 0 Å². The third kappa shape index (κ3) is 10.0. The first-order valence-corrected chi connectivity index (χ1v) is 14.3. The molecule has 0 amide bonds. The van der Waals surface area contributed by atoms with E-state index in [1.54, 1.807) is 6.92 Å². The van der Waals surface area contributed by atoms with E-state index >= 15 is 0 Å². The van der Waals surface area contributed by atoms with Crippen molar-refractivity contribution in [1.29, 1.82) is 0 Å². The molecule has 0 aromatic heterocycles. The van der Waals surface area contributed by atoms with E-state index in [0.717, 1.165) is 32.2 Å². The highest BCUT2D eigenvalue weighted by Crippen LogP contribution is 2.25. The Bertz CT molecular complexity index is 668. The van der Waals surface area contributed by atoms with E-state index in [9.17, 15) is 40.5 Å². The zero-order chi connectivity index (χ0) is 28.2. The van der Waals surface area contributed by atoms with Gasteiger partial charge in [-0.05, 0) is 71.5 Å². The van der Waals surface area contributed by atoms with Crippen molar-refractivity contribution in [3.63, 3.8) is 0 Å². The second-order valence-electron chi connectivity index (χ2n) is 10.9. The molecular formula is C27H51NO10. The first-order valence-electron chi connectivity index (χ1n) is 14.3. The van der Waals surface area contributed by atoms with Gasteiger partial charge in [0, 0.05) is 12.8 Å². The Morgan fingerprint density at radius 1 is 0.658 bits per heavy atom. The normalized spacial score (nSPS) is 36.1. The lowest BCUT2D eigenvalue weighted by Gasteiger charge is -2.40. The third-order valence-electron chi connectivity index (χ3n) is 7.83. The molecule has 0 unspecified atom stereocenters. The SMILES string of the molecule is CCCC(=O)CCCCCN(CCC[C@@H]1O[C@H](CO)[C@@H](O)[C@H](O)[C@H]1O)CCC[C@@H]1O[C@@H](C)[C@@H](O)[C@@H](O)[C@@H]1O. The highest BCUT2D eigenvalue weighted by atomic mass is 16.5. The summed E-state index contributed by atoms with van der Waals surface area (Å²) in [6, 6.07) is 0. The van der Waals surface area contributed by atoms with Crippen LogP contribution in [0.3, 0.4) is 0 Å². The van der Waals surface area contributed by atoms with Crippen LogP contribution in [0.25, 0.3) is 0 Å². The number of aliphatic hydroxyl groups is 7. The molecule has 11 heteroatoms. The predicted molar refractivity (Wildman–Crippen MR) is 139 cm³/mol. The second-order valence-corrected chi connectivity index (χ2v) is 10.9. The molecule has 7 N–H and O–H groups in total. The molecule has 224 valence electrons. The number of carbonyl (C=O) groups is 1. The molecule has 10 atom stereocenters. The molecule has 11 nitrogen and oxygen atoms in total. The number of nitrogens with zero attached hydrogens (tertiary/aromatic N) is 1. The van der Waals surface area contributed by atoms with Gasteiger partial charge in [0.15, 0.2) is 0 Å². The standard InChI is InChI=1S/C27H51NO10/c1-3-9-18(30)10-5-4-6-13-28(14-7-11-19-23(32)26(35)22(31)17(2)37-19)15-8-12-20-24(33)27(36)25(34)21(16-29)38-20/h17,19-27,29,31-36H,3-16H2,1-2H3/t17-,19-,20-,21+,22+,23+,24-,25+,26+,27+/m0/s1. The molecule has 2 rings (SSSR count). The molecule has 38 heavy (non-hydrogen) atoms. The highest BCUT2D eigenvalue weighted by molar-refractivity contribution is 5.78. The monoisotopic (exact) mass is 549 g/mol. The van der Waals surface area contributed by atoms with Crippen molar-refractivity contribution in [3.8, 4) is 0 Å². The minimum absolute atomic E-state index is 0.302. The smallest absolute Gasteiger partial charge is 0.132 e. The molecule has 2 heterocycles. The van der Waals surface area contributed by atoms with Crippen LogP contribution in [0.4, 0.5) is 0 Å². The van der Waals surface area contributed by atoms with Crippen LogP contribution < -0.4 is 0 Å². The Morgan fingerprint density at radius 3 is 1.76 bits per heavy atom. The van der Waals surface area contributed by atoms with Crippen molar-refractivity contribution < 1.29 is 50.0 Å². The van der Waals surface area contributed by atoms with Crippen LogP contribution in [0.5, 0.6) is 0 Å². The van der Waals surface area contributed by atoms with Crippen LogP contribution in [0, 0.1) is 0 Å². The number of ether oxygens (including phenoxy) is 2. The third-order valence-corrected chi connectivity index (χ3v) is 7.83. The Kier molecular flexibility index (Phi) is 15.1. The summed E-state index contributed by atoms with van der Waals surface area (Å²) in [5, 5.41) is 70.0. The van der Waals surface area contributed by atoms with Crippen molar-refractivity contribution in [2.45, 2.75) is 139 Å². The molecule has 0 spiro atoms. The van der Waals surface area contributed by atoms with Crippen LogP contribution in [0.2, 0.25) is 0 Å². The Hall–Kier alpha value is -0.730. The van der Waals surface area contributed by atoms with Gasteiger partial charge in [-0.25, -0.2) is 0 Å². The molecule has 0 aromatic rings. The van der Waals surface area contributed by atoms with Crippen LogP contribution in [0.15, 0.2) is 0 Å². The van der Waals surface area contributed by atoms with Gasteiger partial charge in [0.05, 0.1) is 24.9 Å². The van der Waals surface area contributed by atoms with E-state index in [0.29, 0.717) is 57.4 Å². The van der Waals surface area contributed by atoms with Gasteiger partial charge >= 0.3 is 0 Å². The summed E-state index contributed by atoms with van der Waals surface area (Å²) in [4.78, 5) is 14.0. The summed E-state index contributed by atoms with van der Waals surface area (Å²) in [6.45, 7) is 5.43. The van der Waals surface area contributed by atoms with Gasteiger partial charge in [-0.3, -0.25) is 4.79 Å². The van der Waals surface area contributed by atoms with Crippen molar-refractivity contribution >= 4 is 5.78 Å². The lowest BCUT2D eigenvalue weighted by Crippen LogP contribution is -2.58. The van der Waals surface area contributed by atoms with Crippen molar-refractivity contribution in [2.75, 3.05) is 26.2 Å². The van der Waals surface area contributed by atoms with Crippen LogP contribution in [-0.2, 0) is 14.3 Å². The predicted octanol–water partition coefficient (Wildman–Crippen LogP) is -0.509. The van der Waals surface area contributed by atoms with E-state index < -0.39 is 67.6 Å². The molecule has 2 fully saturated rings. The summed E-state index contributed by atoms with van der Waals surface area (Å²) in [7, 11) is 0. The van der Waals surface area contributed by atoms with Crippen molar-refractivity contribution in [2.24, 2.45) is 0 Å². The van der Waals surface area contributed by atoms with E-state index in [1.807, 2.05) is 6.92 Å². The van der Waals surface area contributed by atoms with Crippen molar-refractivity contribution in [1.82, 2.24) is 4.90 Å². The summed E-state index contributed by atoms with van der Waals surface area (Å²) >= 11 is 0. The maximum Gasteiger partial charge on any atom is 0.132 e. The van der Waals surface area contributed by atoms with Gasteiger partial charge in [-0.2, -0.15) is 0 Å². The quantitative estimate of drug-likeness (QED) is 0.116. The van der Waals surface area contributed by atoms with Crippen LogP contribution >= 0.6 is 0 Å². The van der Waals surface area contributed by atoms with E-state index in [2.05, 4.69) is 4.90 Å². The fourth-order valence-electron chi connectivity index (χ4n) is 5.40. The molecular weight excluding hydrogens is 498 g/mol. The largest absolute Gasteiger partial charge is 0.394 e. The summed E-state index contributed by atoms with van der Waals surface area (Å²) in [6.07, 6.45) is -3.11. The van der Waals surface area contributed by atoms with Gasteiger partial charge in [-0.15, -0.1) is 0 Å².